The normalized spacial score (nSPS) is 15.2. The zero-order chi connectivity index (χ0) is 24.2. The van der Waals surface area contributed by atoms with Crippen LogP contribution in [-0.2, 0) is 11.2 Å². The van der Waals surface area contributed by atoms with E-state index >= 15 is 0 Å². The Morgan fingerprint density at radius 2 is 1.94 bits per heavy atom. The lowest BCUT2D eigenvalue weighted by Gasteiger charge is -2.37. The fourth-order valence-corrected chi connectivity index (χ4v) is 5.27. The summed E-state index contributed by atoms with van der Waals surface area (Å²) in [4.78, 5) is 31.5. The Morgan fingerprint density at radius 1 is 1.18 bits per heavy atom. The van der Waals surface area contributed by atoms with Gasteiger partial charge in [-0.2, -0.15) is 0 Å². The average Bonchev–Trinajstić information content (AvgIpc) is 3.32. The van der Waals surface area contributed by atoms with Gasteiger partial charge in [0, 0.05) is 28.0 Å². The third-order valence-corrected chi connectivity index (χ3v) is 7.58. The molecule has 3 aromatic rings. The molecule has 0 radical (unpaired) electrons. The van der Waals surface area contributed by atoms with Crippen LogP contribution in [0.15, 0.2) is 60.0 Å². The lowest BCUT2D eigenvalue weighted by atomic mass is 10.00. The molecule has 0 spiro atoms. The van der Waals surface area contributed by atoms with Crippen LogP contribution in [0.4, 0.5) is 0 Å². The van der Waals surface area contributed by atoms with Crippen LogP contribution in [0.3, 0.4) is 0 Å². The maximum atomic E-state index is 13.6. The molecule has 1 unspecified atom stereocenters. The molecule has 0 N–H and O–H groups in total. The van der Waals surface area contributed by atoms with Gasteiger partial charge in [0.1, 0.15) is 18.9 Å². The summed E-state index contributed by atoms with van der Waals surface area (Å²) in [7, 11) is 0. The van der Waals surface area contributed by atoms with Gasteiger partial charge in [-0.1, -0.05) is 29.8 Å². The molecule has 2 heterocycles. The average molecular weight is 497 g/mol. The number of carbonyl (C=O) groups is 2. The standard InChI is InChI=1S/C27H29ClN2O3S/c1-18(2)30(27(32)20-7-5-4-6-8-20)16-26(31)29-13-11-25-22(12-14-34-25)24(29)17-33-21-9-10-23(28)19(3)15-21/h4-10,12,14-15,18,24H,11,13,16-17H2,1-3H3. The lowest BCUT2D eigenvalue weighted by Crippen LogP contribution is -2.49. The number of thiophene rings is 1. The second-order valence-electron chi connectivity index (χ2n) is 8.77. The van der Waals surface area contributed by atoms with E-state index in [1.165, 1.54) is 4.88 Å². The smallest absolute Gasteiger partial charge is 0.254 e. The molecule has 2 aromatic carbocycles. The Balaban J connectivity index is 1.53. The molecule has 1 aliphatic rings. The molecule has 5 nitrogen and oxygen atoms in total. The molecule has 4 rings (SSSR count). The van der Waals surface area contributed by atoms with Crippen LogP contribution in [0.25, 0.3) is 0 Å². The fourth-order valence-electron chi connectivity index (χ4n) is 4.23. The van der Waals surface area contributed by atoms with Crippen molar-refractivity contribution in [2.45, 2.75) is 39.3 Å². The van der Waals surface area contributed by atoms with Gasteiger partial charge < -0.3 is 14.5 Å². The number of hydrogen-bond donors (Lipinski definition) is 0. The number of rotatable bonds is 7. The molecule has 1 aliphatic heterocycles. The molecule has 7 heteroatoms. The Morgan fingerprint density at radius 3 is 2.65 bits per heavy atom. The van der Waals surface area contributed by atoms with Crippen LogP contribution in [0.2, 0.25) is 5.02 Å². The van der Waals surface area contributed by atoms with Gasteiger partial charge in [0.25, 0.3) is 5.91 Å². The van der Waals surface area contributed by atoms with Crippen molar-refractivity contribution in [1.82, 2.24) is 9.80 Å². The second kappa shape index (κ2) is 10.6. The predicted octanol–water partition coefficient (Wildman–Crippen LogP) is 5.77. The van der Waals surface area contributed by atoms with Crippen molar-refractivity contribution >= 4 is 34.8 Å². The van der Waals surface area contributed by atoms with Crippen LogP contribution >= 0.6 is 22.9 Å². The molecule has 34 heavy (non-hydrogen) atoms. The third kappa shape index (κ3) is 5.29. The molecule has 0 aliphatic carbocycles. The zero-order valence-corrected chi connectivity index (χ0v) is 21.2. The Kier molecular flexibility index (Phi) is 7.59. The van der Waals surface area contributed by atoms with Gasteiger partial charge in [0.2, 0.25) is 5.91 Å². The number of nitrogens with zero attached hydrogens (tertiary/aromatic N) is 2. The molecule has 2 amide bonds. The molecule has 0 fully saturated rings. The summed E-state index contributed by atoms with van der Waals surface area (Å²) in [5, 5.41) is 2.76. The zero-order valence-electron chi connectivity index (χ0n) is 19.7. The fraction of sp³-hybridized carbons (Fsp3) is 0.333. The van der Waals surface area contributed by atoms with E-state index in [0.29, 0.717) is 23.7 Å². The first kappa shape index (κ1) is 24.3. The first-order valence-electron chi connectivity index (χ1n) is 11.5. The maximum Gasteiger partial charge on any atom is 0.254 e. The summed E-state index contributed by atoms with van der Waals surface area (Å²) in [6.07, 6.45) is 0.809. The van der Waals surface area contributed by atoms with E-state index < -0.39 is 0 Å². The van der Waals surface area contributed by atoms with Crippen molar-refractivity contribution in [3.05, 3.63) is 86.6 Å². The van der Waals surface area contributed by atoms with Gasteiger partial charge in [-0.05, 0) is 80.1 Å². The second-order valence-corrected chi connectivity index (χ2v) is 10.2. The van der Waals surface area contributed by atoms with E-state index in [1.54, 1.807) is 28.4 Å². The van der Waals surface area contributed by atoms with E-state index in [-0.39, 0.29) is 30.4 Å². The largest absolute Gasteiger partial charge is 0.491 e. The number of hydrogen-bond acceptors (Lipinski definition) is 4. The lowest BCUT2D eigenvalue weighted by molar-refractivity contribution is -0.136. The van der Waals surface area contributed by atoms with E-state index in [4.69, 9.17) is 16.3 Å². The summed E-state index contributed by atoms with van der Waals surface area (Å²) in [6, 6.07) is 16.5. The molecular formula is C27H29ClN2O3S. The molecule has 0 saturated heterocycles. The van der Waals surface area contributed by atoms with E-state index in [2.05, 4.69) is 11.4 Å². The molecule has 1 atom stereocenters. The number of amides is 2. The SMILES string of the molecule is Cc1cc(OCC2c3ccsc3CCN2C(=O)CN(C(=O)c2ccccc2)C(C)C)ccc1Cl. The van der Waals surface area contributed by atoms with Crippen molar-refractivity contribution in [1.29, 1.82) is 0 Å². The first-order valence-corrected chi connectivity index (χ1v) is 12.7. The topological polar surface area (TPSA) is 49.9 Å². The summed E-state index contributed by atoms with van der Waals surface area (Å²) in [5.74, 6) is 0.511. The minimum Gasteiger partial charge on any atom is -0.491 e. The number of ether oxygens (including phenoxy) is 1. The van der Waals surface area contributed by atoms with Crippen LogP contribution in [0.1, 0.15) is 46.3 Å². The van der Waals surface area contributed by atoms with Gasteiger partial charge in [0.05, 0.1) is 6.04 Å². The van der Waals surface area contributed by atoms with Crippen LogP contribution in [-0.4, -0.2) is 47.4 Å². The molecule has 178 valence electrons. The van der Waals surface area contributed by atoms with Crippen LogP contribution in [0.5, 0.6) is 5.75 Å². The highest BCUT2D eigenvalue weighted by Gasteiger charge is 2.34. The van der Waals surface area contributed by atoms with Crippen molar-refractivity contribution < 1.29 is 14.3 Å². The summed E-state index contributed by atoms with van der Waals surface area (Å²) in [6.45, 7) is 6.78. The molecule has 0 saturated carbocycles. The molecule has 1 aromatic heterocycles. The number of fused-ring (bicyclic) bond motifs is 1. The van der Waals surface area contributed by atoms with Crippen molar-refractivity contribution in [3.8, 4) is 5.75 Å². The Bertz CT molecular complexity index is 1160. The van der Waals surface area contributed by atoms with Crippen molar-refractivity contribution in [2.75, 3.05) is 19.7 Å². The van der Waals surface area contributed by atoms with Gasteiger partial charge in [-0.25, -0.2) is 0 Å². The van der Waals surface area contributed by atoms with Gasteiger partial charge >= 0.3 is 0 Å². The number of halogens is 1. The monoisotopic (exact) mass is 496 g/mol. The summed E-state index contributed by atoms with van der Waals surface area (Å²) >= 11 is 7.87. The first-order chi connectivity index (χ1) is 16.3. The number of carbonyl (C=O) groups excluding carboxylic acids is 2. The van der Waals surface area contributed by atoms with Crippen molar-refractivity contribution in [3.63, 3.8) is 0 Å². The van der Waals surface area contributed by atoms with Gasteiger partial charge in [-0.3, -0.25) is 9.59 Å². The van der Waals surface area contributed by atoms with E-state index in [9.17, 15) is 9.59 Å². The molecular weight excluding hydrogens is 468 g/mol. The highest BCUT2D eigenvalue weighted by atomic mass is 35.5. The minimum absolute atomic E-state index is 0.0292. The Labute approximate surface area is 209 Å². The van der Waals surface area contributed by atoms with Crippen LogP contribution < -0.4 is 4.74 Å². The minimum atomic E-state index is -0.209. The van der Waals surface area contributed by atoms with E-state index in [0.717, 1.165) is 23.3 Å². The van der Waals surface area contributed by atoms with Crippen LogP contribution in [0, 0.1) is 6.92 Å². The Hall–Kier alpha value is -2.83. The third-order valence-electron chi connectivity index (χ3n) is 6.16. The van der Waals surface area contributed by atoms with Crippen molar-refractivity contribution in [2.24, 2.45) is 0 Å². The quantitative estimate of drug-likeness (QED) is 0.417. The summed E-state index contributed by atoms with van der Waals surface area (Å²) in [5.41, 5.74) is 2.65. The maximum absolute atomic E-state index is 13.6. The number of aryl methyl sites for hydroxylation is 1. The van der Waals surface area contributed by atoms with Gasteiger partial charge in [-0.15, -0.1) is 11.3 Å². The highest BCUT2D eigenvalue weighted by Crippen LogP contribution is 2.34. The summed E-state index contributed by atoms with van der Waals surface area (Å²) < 4.78 is 6.13. The molecule has 0 bridgehead atoms. The van der Waals surface area contributed by atoms with Gasteiger partial charge in [0.15, 0.2) is 0 Å². The predicted molar refractivity (Wildman–Crippen MR) is 137 cm³/mol. The van der Waals surface area contributed by atoms with E-state index in [1.807, 2.05) is 62.1 Å². The highest BCUT2D eigenvalue weighted by molar-refractivity contribution is 7.10. The number of benzene rings is 2.